The van der Waals surface area contributed by atoms with E-state index in [0.29, 0.717) is 0 Å². The molecule has 3 aromatic carbocycles. The van der Waals surface area contributed by atoms with Crippen LogP contribution in [0.5, 0.6) is 0 Å². The van der Waals surface area contributed by atoms with Gasteiger partial charge in [-0.05, 0) is 36.4 Å². The Hall–Kier alpha value is -4.05. The topological polar surface area (TPSA) is 118 Å². The number of hydrogen-bond acceptors (Lipinski definition) is 9. The molecule has 192 valence electrons. The van der Waals surface area contributed by atoms with Gasteiger partial charge in [-0.25, -0.2) is 14.4 Å². The third-order valence-corrected chi connectivity index (χ3v) is 5.76. The molecule has 0 bridgehead atoms. The van der Waals surface area contributed by atoms with Gasteiger partial charge in [0.05, 0.1) is 23.3 Å². The largest absolute Gasteiger partial charge is 0.452 e. The number of aliphatic hydroxyl groups is 1. The highest BCUT2D eigenvalue weighted by Gasteiger charge is 2.52. The summed E-state index contributed by atoms with van der Waals surface area (Å²) in [6, 6.07) is 24.5. The predicted molar refractivity (Wildman–Crippen MR) is 130 cm³/mol. The second-order valence-corrected chi connectivity index (χ2v) is 8.17. The van der Waals surface area contributed by atoms with Crippen molar-refractivity contribution in [2.24, 2.45) is 0 Å². The van der Waals surface area contributed by atoms with E-state index in [-0.39, 0.29) is 16.7 Å². The molecule has 0 unspecified atom stereocenters. The lowest BCUT2D eigenvalue weighted by Crippen LogP contribution is -2.62. The first-order valence-electron chi connectivity index (χ1n) is 11.6. The molecule has 9 heteroatoms. The average molecular weight is 507 g/mol. The van der Waals surface area contributed by atoms with Gasteiger partial charge in [-0.2, -0.15) is 0 Å². The Morgan fingerprint density at radius 1 is 0.649 bits per heavy atom. The molecule has 0 amide bonds. The summed E-state index contributed by atoms with van der Waals surface area (Å²) in [7, 11) is 1.31. The molecule has 1 aliphatic rings. The van der Waals surface area contributed by atoms with E-state index in [1.807, 2.05) is 0 Å². The van der Waals surface area contributed by atoms with Gasteiger partial charge < -0.3 is 28.8 Å². The molecule has 5 atom stereocenters. The molecule has 1 fully saturated rings. The Bertz CT molecular complexity index is 1120. The number of rotatable bonds is 8. The minimum Gasteiger partial charge on any atom is -0.452 e. The Morgan fingerprint density at radius 3 is 1.41 bits per heavy atom. The van der Waals surface area contributed by atoms with E-state index >= 15 is 0 Å². The summed E-state index contributed by atoms with van der Waals surface area (Å²) in [5.41, 5.74) is 0.705. The van der Waals surface area contributed by atoms with Gasteiger partial charge in [-0.1, -0.05) is 54.6 Å². The highest BCUT2D eigenvalue weighted by atomic mass is 16.7. The fourth-order valence-corrected chi connectivity index (χ4v) is 3.91. The Balaban J connectivity index is 1.69. The zero-order chi connectivity index (χ0) is 26.2. The minimum absolute atomic E-state index is 0.227. The molecule has 0 radical (unpaired) electrons. The molecule has 0 saturated carbocycles. The molecule has 1 heterocycles. The van der Waals surface area contributed by atoms with Gasteiger partial charge in [0.25, 0.3) is 0 Å². The second kappa shape index (κ2) is 12.3. The lowest BCUT2D eigenvalue weighted by molar-refractivity contribution is -0.292. The molecule has 1 aliphatic heterocycles. The van der Waals surface area contributed by atoms with Crippen molar-refractivity contribution in [2.45, 2.75) is 30.7 Å². The average Bonchev–Trinajstić information content (AvgIpc) is 2.95. The SMILES string of the molecule is CO[C@@H]1O[C@H](CO)[C@H](OC(=O)c2ccccc2)[C@H](OC(=O)c2ccccc2)[C@H]1OC(=O)c1ccccc1. The van der Waals surface area contributed by atoms with Crippen molar-refractivity contribution in [3.63, 3.8) is 0 Å². The molecule has 4 rings (SSSR count). The Kier molecular flexibility index (Phi) is 8.63. The first kappa shape index (κ1) is 26.0. The van der Waals surface area contributed by atoms with Crippen molar-refractivity contribution in [3.8, 4) is 0 Å². The number of ether oxygens (including phenoxy) is 5. The van der Waals surface area contributed by atoms with Gasteiger partial charge in [-0.15, -0.1) is 0 Å². The smallest absolute Gasteiger partial charge is 0.338 e. The first-order valence-corrected chi connectivity index (χ1v) is 11.6. The first-order chi connectivity index (χ1) is 18.0. The predicted octanol–water partition coefficient (Wildman–Crippen LogP) is 3.03. The number of methoxy groups -OCH3 is 1. The number of hydrogen-bond donors (Lipinski definition) is 1. The maximum atomic E-state index is 13.1. The molecule has 0 aliphatic carbocycles. The van der Waals surface area contributed by atoms with E-state index in [2.05, 4.69) is 0 Å². The van der Waals surface area contributed by atoms with Crippen LogP contribution in [0.1, 0.15) is 31.1 Å². The van der Waals surface area contributed by atoms with Crippen molar-refractivity contribution >= 4 is 17.9 Å². The summed E-state index contributed by atoms with van der Waals surface area (Å²) in [4.78, 5) is 38.9. The number of aliphatic hydroxyl groups excluding tert-OH is 1. The van der Waals surface area contributed by atoms with Crippen molar-refractivity contribution in [3.05, 3.63) is 108 Å². The molecule has 37 heavy (non-hydrogen) atoms. The van der Waals surface area contributed by atoms with E-state index in [0.717, 1.165) is 0 Å². The quantitative estimate of drug-likeness (QED) is 0.363. The maximum absolute atomic E-state index is 13.1. The zero-order valence-corrected chi connectivity index (χ0v) is 20.0. The standard InChI is InChI=1S/C28H26O9/c1-33-28-24(37-27(32)20-15-9-4-10-16-20)23(36-26(31)19-13-7-3-8-14-19)22(21(17-29)34-28)35-25(30)18-11-5-2-6-12-18/h2-16,21-24,28-29H,17H2,1H3/t21-,22+,23+,24-,28-/m1/s1. The lowest BCUT2D eigenvalue weighted by atomic mass is 9.97. The second-order valence-electron chi connectivity index (χ2n) is 8.17. The van der Waals surface area contributed by atoms with E-state index in [4.69, 9.17) is 23.7 Å². The van der Waals surface area contributed by atoms with Gasteiger partial charge in [0.2, 0.25) is 0 Å². The summed E-state index contributed by atoms with van der Waals surface area (Å²) >= 11 is 0. The highest BCUT2D eigenvalue weighted by Crippen LogP contribution is 2.30. The minimum atomic E-state index is -1.37. The lowest BCUT2D eigenvalue weighted by Gasteiger charge is -2.43. The van der Waals surface area contributed by atoms with Gasteiger partial charge in [0, 0.05) is 7.11 Å². The maximum Gasteiger partial charge on any atom is 0.338 e. The third-order valence-electron chi connectivity index (χ3n) is 5.76. The zero-order valence-electron chi connectivity index (χ0n) is 20.0. The Labute approximate surface area is 213 Å². The van der Waals surface area contributed by atoms with E-state index in [1.54, 1.807) is 91.0 Å². The van der Waals surface area contributed by atoms with Crippen LogP contribution in [0.25, 0.3) is 0 Å². The normalized spacial score (nSPS) is 23.0. The fraction of sp³-hybridized carbons (Fsp3) is 0.250. The van der Waals surface area contributed by atoms with Gasteiger partial charge in [0.15, 0.2) is 24.6 Å². The van der Waals surface area contributed by atoms with Gasteiger partial charge in [0.1, 0.15) is 6.10 Å². The van der Waals surface area contributed by atoms with E-state index in [1.165, 1.54) is 7.11 Å². The molecule has 9 nitrogen and oxygen atoms in total. The van der Waals surface area contributed by atoms with Crippen LogP contribution in [0, 0.1) is 0 Å². The van der Waals surface area contributed by atoms with Crippen LogP contribution in [0.15, 0.2) is 91.0 Å². The number of benzene rings is 3. The van der Waals surface area contributed by atoms with Crippen LogP contribution < -0.4 is 0 Å². The van der Waals surface area contributed by atoms with Gasteiger partial charge >= 0.3 is 17.9 Å². The highest BCUT2D eigenvalue weighted by molar-refractivity contribution is 5.91. The molecular weight excluding hydrogens is 480 g/mol. The summed E-state index contributed by atoms with van der Waals surface area (Å²) < 4.78 is 28.3. The van der Waals surface area contributed by atoms with Crippen LogP contribution in [0.2, 0.25) is 0 Å². The van der Waals surface area contributed by atoms with Gasteiger partial charge in [-0.3, -0.25) is 0 Å². The van der Waals surface area contributed by atoms with Crippen molar-refractivity contribution in [1.82, 2.24) is 0 Å². The summed E-state index contributed by atoms with van der Waals surface area (Å²) in [6.45, 7) is -0.592. The van der Waals surface area contributed by atoms with Crippen LogP contribution >= 0.6 is 0 Å². The molecule has 1 saturated heterocycles. The van der Waals surface area contributed by atoms with E-state index < -0.39 is 55.2 Å². The molecular formula is C28H26O9. The number of esters is 3. The molecule has 0 aromatic heterocycles. The molecule has 0 spiro atoms. The summed E-state index contributed by atoms with van der Waals surface area (Å²) in [5, 5.41) is 10.1. The monoisotopic (exact) mass is 506 g/mol. The molecule has 3 aromatic rings. The third kappa shape index (κ3) is 6.21. The summed E-state index contributed by atoms with van der Waals surface area (Å²) in [5.74, 6) is -2.22. The van der Waals surface area contributed by atoms with Crippen molar-refractivity contribution in [2.75, 3.05) is 13.7 Å². The van der Waals surface area contributed by atoms with Crippen LogP contribution in [-0.2, 0) is 23.7 Å². The number of carbonyl (C=O) groups excluding carboxylic acids is 3. The van der Waals surface area contributed by atoms with Crippen molar-refractivity contribution < 1.29 is 43.2 Å². The van der Waals surface area contributed by atoms with Crippen LogP contribution in [0.4, 0.5) is 0 Å². The fourth-order valence-electron chi connectivity index (χ4n) is 3.91. The van der Waals surface area contributed by atoms with E-state index in [9.17, 15) is 19.5 Å². The van der Waals surface area contributed by atoms with Crippen LogP contribution in [-0.4, -0.2) is 67.4 Å². The van der Waals surface area contributed by atoms with Crippen LogP contribution in [0.3, 0.4) is 0 Å². The number of carbonyl (C=O) groups is 3. The Morgan fingerprint density at radius 2 is 1.03 bits per heavy atom. The van der Waals surface area contributed by atoms with Crippen molar-refractivity contribution in [1.29, 1.82) is 0 Å². The molecule has 1 N–H and O–H groups in total. The summed E-state index contributed by atoms with van der Waals surface area (Å²) in [6.07, 6.45) is -6.40.